The van der Waals surface area contributed by atoms with Gasteiger partial charge in [-0.25, -0.2) is 9.79 Å². The summed E-state index contributed by atoms with van der Waals surface area (Å²) in [5.74, 6) is -1.98. The van der Waals surface area contributed by atoms with Crippen molar-refractivity contribution in [1.29, 1.82) is 0 Å². The van der Waals surface area contributed by atoms with Gasteiger partial charge in [0.2, 0.25) is 18.0 Å². The number of thiol groups is 1. The first kappa shape index (κ1) is 31.2. The number of aliphatic carboxylic acids is 1. The molecule has 1 heterocycles. The molecular weight excluding hydrogens is 550 g/mol. The number of carboxylic acids is 1. The van der Waals surface area contributed by atoms with Crippen molar-refractivity contribution >= 4 is 59.5 Å². The Morgan fingerprint density at radius 2 is 1.80 bits per heavy atom. The lowest BCUT2D eigenvalue weighted by molar-refractivity contribution is -0.142. The Labute approximate surface area is 244 Å². The first-order chi connectivity index (χ1) is 19.2. The van der Waals surface area contributed by atoms with Gasteiger partial charge in [-0.2, -0.15) is 24.4 Å². The molecule has 1 aliphatic rings. The van der Waals surface area contributed by atoms with Crippen LogP contribution in [0.3, 0.4) is 0 Å². The Balaban J connectivity index is 2.07. The number of anilines is 1. The molecule has 214 valence electrons. The molecule has 0 fully saturated rings. The van der Waals surface area contributed by atoms with Gasteiger partial charge < -0.3 is 20.6 Å². The van der Waals surface area contributed by atoms with Gasteiger partial charge >= 0.3 is 5.97 Å². The molecule has 0 aromatic heterocycles. The summed E-state index contributed by atoms with van der Waals surface area (Å²) in [5, 5.41) is 15.2. The minimum atomic E-state index is -1.28. The molecule has 0 saturated heterocycles. The molecule has 12 heteroatoms. The van der Waals surface area contributed by atoms with Crippen LogP contribution in [0.2, 0.25) is 0 Å². The molecule has 0 saturated carbocycles. The van der Waals surface area contributed by atoms with E-state index in [1.54, 1.807) is 24.3 Å². The zero-order valence-corrected chi connectivity index (χ0v) is 24.5. The zero-order valence-electron chi connectivity index (χ0n) is 22.7. The van der Waals surface area contributed by atoms with Gasteiger partial charge in [0, 0.05) is 23.9 Å². The van der Waals surface area contributed by atoms with E-state index >= 15 is 0 Å². The summed E-state index contributed by atoms with van der Waals surface area (Å²) in [6.45, 7) is 1.95. The molecule has 0 aliphatic carbocycles. The van der Waals surface area contributed by atoms with Crippen molar-refractivity contribution in [2.45, 2.75) is 31.6 Å². The number of carboxylic acid groups (broad SMARTS) is 1. The monoisotopic (exact) mass is 585 g/mol. The number of thioether (sulfide) groups is 1. The van der Waals surface area contributed by atoms with E-state index in [1.807, 2.05) is 43.5 Å². The molecule has 0 radical (unpaired) electrons. The highest BCUT2D eigenvalue weighted by molar-refractivity contribution is 7.98. The molecule has 3 N–H and O–H groups in total. The maximum absolute atomic E-state index is 14.1. The number of hydrogen-bond donors (Lipinski definition) is 4. The quantitative estimate of drug-likeness (QED) is 0.264. The highest BCUT2D eigenvalue weighted by Crippen LogP contribution is 2.29. The Morgan fingerprint density at radius 1 is 1.12 bits per heavy atom. The van der Waals surface area contributed by atoms with Crippen LogP contribution in [0.15, 0.2) is 59.6 Å². The van der Waals surface area contributed by atoms with E-state index in [9.17, 15) is 24.3 Å². The van der Waals surface area contributed by atoms with Crippen molar-refractivity contribution in [3.63, 3.8) is 0 Å². The summed E-state index contributed by atoms with van der Waals surface area (Å²) in [6.07, 6.45) is 0.809. The summed E-state index contributed by atoms with van der Waals surface area (Å²) < 4.78 is 0. The number of carbonyl (C=O) groups is 4. The third kappa shape index (κ3) is 7.43. The fourth-order valence-electron chi connectivity index (χ4n) is 4.38. The molecule has 0 spiro atoms. The number of benzene rings is 2. The van der Waals surface area contributed by atoms with Crippen molar-refractivity contribution < 1.29 is 24.3 Å². The van der Waals surface area contributed by atoms with Crippen molar-refractivity contribution in [3.05, 3.63) is 65.7 Å². The molecule has 40 heavy (non-hydrogen) atoms. The fraction of sp³-hybridized carbons (Fsp3) is 0.393. The van der Waals surface area contributed by atoms with Gasteiger partial charge in [-0.05, 0) is 31.0 Å². The van der Waals surface area contributed by atoms with Gasteiger partial charge in [-0.15, -0.1) is 0 Å². The first-order valence-corrected chi connectivity index (χ1v) is 14.9. The molecule has 2 aromatic rings. The number of hydrogen-bond acceptors (Lipinski definition) is 8. The second kappa shape index (κ2) is 14.9. The Hall–Kier alpha value is -3.35. The van der Waals surface area contributed by atoms with Crippen LogP contribution in [0.1, 0.15) is 24.5 Å². The Morgan fingerprint density at radius 3 is 2.42 bits per heavy atom. The van der Waals surface area contributed by atoms with Crippen LogP contribution in [0.4, 0.5) is 5.69 Å². The number of nitrogens with zero attached hydrogens (tertiary/aromatic N) is 3. The van der Waals surface area contributed by atoms with E-state index in [-0.39, 0.29) is 18.1 Å². The lowest BCUT2D eigenvalue weighted by Gasteiger charge is -2.31. The second-order valence-electron chi connectivity index (χ2n) is 9.14. The van der Waals surface area contributed by atoms with Gasteiger partial charge in [0.15, 0.2) is 0 Å². The Kier molecular flexibility index (Phi) is 11.6. The minimum Gasteiger partial charge on any atom is -0.480 e. The van der Waals surface area contributed by atoms with Crippen molar-refractivity contribution in [2.75, 3.05) is 42.8 Å². The third-order valence-corrected chi connectivity index (χ3v) is 7.44. The number of para-hydroxylation sites is 1. The molecule has 1 aliphatic heterocycles. The number of nitrogens with one attached hydrogen (secondary N) is 2. The van der Waals surface area contributed by atoms with Crippen LogP contribution in [-0.4, -0.2) is 95.6 Å². The van der Waals surface area contributed by atoms with Crippen LogP contribution in [0, 0.1) is 0 Å². The van der Waals surface area contributed by atoms with Crippen LogP contribution in [0.5, 0.6) is 0 Å². The maximum Gasteiger partial charge on any atom is 0.326 e. The fourth-order valence-corrected chi connectivity index (χ4v) is 5.13. The van der Waals surface area contributed by atoms with E-state index in [2.05, 4.69) is 23.3 Å². The van der Waals surface area contributed by atoms with E-state index in [0.717, 1.165) is 5.56 Å². The predicted molar refractivity (Wildman–Crippen MR) is 161 cm³/mol. The summed E-state index contributed by atoms with van der Waals surface area (Å²) >= 11 is 5.77. The van der Waals surface area contributed by atoms with Gasteiger partial charge in [-0.1, -0.05) is 55.5 Å². The highest BCUT2D eigenvalue weighted by Gasteiger charge is 2.38. The van der Waals surface area contributed by atoms with E-state index < -0.39 is 42.6 Å². The van der Waals surface area contributed by atoms with Crippen LogP contribution < -0.4 is 15.5 Å². The largest absolute Gasteiger partial charge is 0.480 e. The summed E-state index contributed by atoms with van der Waals surface area (Å²) in [4.78, 5) is 59.7. The summed E-state index contributed by atoms with van der Waals surface area (Å²) in [7, 11) is 1.50. The smallest absolute Gasteiger partial charge is 0.326 e. The zero-order chi connectivity index (χ0) is 29.2. The van der Waals surface area contributed by atoms with Gasteiger partial charge in [0.25, 0.3) is 5.91 Å². The van der Waals surface area contributed by atoms with Crippen molar-refractivity contribution in [1.82, 2.24) is 15.5 Å². The molecule has 2 unspecified atom stereocenters. The molecule has 0 bridgehead atoms. The normalized spacial score (nSPS) is 16.3. The number of amides is 3. The van der Waals surface area contributed by atoms with Gasteiger partial charge in [0.05, 0.1) is 17.4 Å². The van der Waals surface area contributed by atoms with Crippen molar-refractivity contribution in [2.24, 2.45) is 4.99 Å². The number of rotatable bonds is 13. The number of likely N-dealkylation sites (N-methyl/N-ethyl adjacent to an activating group) is 2. The molecule has 2 aromatic carbocycles. The van der Waals surface area contributed by atoms with Crippen LogP contribution in [-0.2, 0) is 19.2 Å². The topological polar surface area (TPSA) is 131 Å². The van der Waals surface area contributed by atoms with Gasteiger partial charge in [0.1, 0.15) is 12.6 Å². The number of fused-ring (bicyclic) bond motifs is 1. The van der Waals surface area contributed by atoms with Crippen molar-refractivity contribution in [3.8, 4) is 0 Å². The molecule has 3 amide bonds. The number of carbonyl (C=O) groups excluding carboxylic acids is 3. The highest BCUT2D eigenvalue weighted by atomic mass is 32.2. The van der Waals surface area contributed by atoms with Crippen LogP contribution >= 0.6 is 24.4 Å². The third-order valence-electron chi connectivity index (χ3n) is 6.43. The first-order valence-electron chi connectivity index (χ1n) is 12.9. The van der Waals surface area contributed by atoms with E-state index in [0.29, 0.717) is 29.3 Å². The summed E-state index contributed by atoms with van der Waals surface area (Å²) in [6, 6.07) is 14.6. The number of benzodiazepines with no additional fused rings is 1. The maximum atomic E-state index is 14.1. The molecular formula is C28H35N5O5S2. The lowest BCUT2D eigenvalue weighted by atomic mass is 10.0. The molecule has 3 rings (SSSR count). The molecule has 10 nitrogen and oxygen atoms in total. The Bertz CT molecular complexity index is 1240. The standard InChI is InChI=1S/C28H35N5O5S2/c1-4-29-21(17-39)26(35)32(2)25-27(36)33(16-23(34)30-20(28(37)38)14-15-40-3)22-13-9-8-12-19(22)24(31-25)18-10-6-5-7-11-18/h5-13,20-21,25,29,39H,4,14-17H2,1-3H3,(H,30,34)(H,37,38)/t20-,21?,25?/m0/s1. The number of aliphatic imine (C=N–C) groups is 1. The average Bonchev–Trinajstić information content (AvgIpc) is 3.08. The average molecular weight is 586 g/mol. The van der Waals surface area contributed by atoms with E-state index in [4.69, 9.17) is 4.99 Å². The second-order valence-corrected chi connectivity index (χ2v) is 10.5. The molecule has 3 atom stereocenters. The van der Waals surface area contributed by atoms with Gasteiger partial charge in [-0.3, -0.25) is 19.3 Å². The van der Waals surface area contributed by atoms with E-state index in [1.165, 1.54) is 28.6 Å². The summed E-state index contributed by atoms with van der Waals surface area (Å²) in [5.41, 5.74) is 2.27. The van der Waals surface area contributed by atoms with Crippen LogP contribution in [0.25, 0.3) is 0 Å². The minimum absolute atomic E-state index is 0.214. The lowest BCUT2D eigenvalue weighted by Crippen LogP contribution is -2.55. The SMILES string of the molecule is CCNC(CS)C(=O)N(C)C1N=C(c2ccccc2)c2ccccc2N(CC(=O)N[C@@H](CCSC)C(=O)O)C1=O. The predicted octanol–water partition coefficient (Wildman–Crippen LogP) is 1.89.